The molecule has 1 amide bonds. The van der Waals surface area contributed by atoms with Gasteiger partial charge in [0.05, 0.1) is 24.6 Å². The zero-order chi connectivity index (χ0) is 28.1. The summed E-state index contributed by atoms with van der Waals surface area (Å²) in [5, 5.41) is 9.52. The van der Waals surface area contributed by atoms with E-state index in [0.717, 1.165) is 11.0 Å². The number of fused-ring (bicyclic) bond motifs is 1. The highest BCUT2D eigenvalue weighted by Gasteiger charge is 2.25. The molecule has 3 aromatic rings. The quantitative estimate of drug-likeness (QED) is 0.270. The number of methoxy groups -OCH3 is 1. The van der Waals surface area contributed by atoms with Crippen LogP contribution < -0.4 is 31.2 Å². The van der Waals surface area contributed by atoms with Crippen LogP contribution in [0, 0.1) is 0 Å². The Hall–Kier alpha value is -3.97. The van der Waals surface area contributed by atoms with E-state index < -0.39 is 30.5 Å². The van der Waals surface area contributed by atoms with Crippen molar-refractivity contribution in [1.29, 1.82) is 0 Å². The van der Waals surface area contributed by atoms with Gasteiger partial charge >= 0.3 is 5.69 Å². The minimum atomic E-state index is -2.69. The number of carbonyl (C=O) groups excluding carboxylic acids is 1. The Morgan fingerprint density at radius 1 is 1.08 bits per heavy atom. The van der Waals surface area contributed by atoms with Crippen LogP contribution in [0.5, 0.6) is 17.2 Å². The number of nitrogens with zero attached hydrogens (tertiary/aromatic N) is 3. The molecule has 39 heavy (non-hydrogen) atoms. The summed E-state index contributed by atoms with van der Waals surface area (Å²) in [6.45, 7) is -0.278. The lowest BCUT2D eigenvalue weighted by molar-refractivity contribution is -0.119. The molecule has 3 N–H and O–H groups in total. The predicted octanol–water partition coefficient (Wildman–Crippen LogP) is 1.31. The molecule has 0 saturated carbocycles. The molecule has 11 nitrogen and oxygen atoms in total. The van der Waals surface area contributed by atoms with Gasteiger partial charge in [0.25, 0.3) is 12.0 Å². The molecule has 0 bridgehead atoms. The van der Waals surface area contributed by atoms with E-state index in [1.54, 1.807) is 23.1 Å². The Labute approximate surface area is 221 Å². The third kappa shape index (κ3) is 6.37. The zero-order valence-corrected chi connectivity index (χ0v) is 21.3. The normalized spacial score (nSPS) is 15.0. The highest BCUT2D eigenvalue weighted by atomic mass is 19.3. The summed E-state index contributed by atoms with van der Waals surface area (Å²) in [7, 11) is 1.44. The van der Waals surface area contributed by atoms with Crippen LogP contribution >= 0.6 is 0 Å². The molecule has 1 aliphatic heterocycles. The van der Waals surface area contributed by atoms with E-state index >= 15 is 0 Å². The number of aliphatic hydroxyl groups is 1. The van der Waals surface area contributed by atoms with Crippen molar-refractivity contribution in [3.8, 4) is 17.2 Å². The van der Waals surface area contributed by atoms with Gasteiger partial charge in [0.2, 0.25) is 6.41 Å². The van der Waals surface area contributed by atoms with Crippen molar-refractivity contribution in [2.45, 2.75) is 38.1 Å². The number of rotatable bonds is 11. The predicted molar refractivity (Wildman–Crippen MR) is 138 cm³/mol. The van der Waals surface area contributed by atoms with Crippen LogP contribution in [0.3, 0.4) is 0 Å². The Morgan fingerprint density at radius 3 is 2.46 bits per heavy atom. The molecule has 1 atom stereocenters. The molecule has 1 aliphatic rings. The van der Waals surface area contributed by atoms with Crippen LogP contribution in [0.4, 0.5) is 8.78 Å². The van der Waals surface area contributed by atoms with Gasteiger partial charge in [-0.05, 0) is 48.7 Å². The topological polar surface area (TPSA) is 138 Å². The van der Waals surface area contributed by atoms with Crippen molar-refractivity contribution in [3.63, 3.8) is 0 Å². The molecular formula is C26H30F2N4O7. The number of likely N-dealkylation sites (tertiary alicyclic amines) is 1. The van der Waals surface area contributed by atoms with Crippen molar-refractivity contribution in [2.24, 2.45) is 5.73 Å². The van der Waals surface area contributed by atoms with Gasteiger partial charge in [0, 0.05) is 19.1 Å². The van der Waals surface area contributed by atoms with Crippen LogP contribution in [0.25, 0.3) is 10.9 Å². The number of hydrogen-bond acceptors (Lipinski definition) is 8. The fourth-order valence-corrected chi connectivity index (χ4v) is 4.64. The van der Waals surface area contributed by atoms with E-state index in [-0.39, 0.29) is 36.1 Å². The smallest absolute Gasteiger partial charge is 0.332 e. The lowest BCUT2D eigenvalue weighted by Gasteiger charge is -2.31. The van der Waals surface area contributed by atoms with Crippen LogP contribution in [-0.2, 0) is 11.3 Å². The third-order valence-corrected chi connectivity index (χ3v) is 6.51. The second-order valence-corrected chi connectivity index (χ2v) is 9.16. The van der Waals surface area contributed by atoms with Gasteiger partial charge in [-0.15, -0.1) is 0 Å². The highest BCUT2D eigenvalue weighted by molar-refractivity contribution is 5.80. The van der Waals surface area contributed by atoms with Crippen LogP contribution in [0.2, 0.25) is 0 Å². The largest absolute Gasteiger partial charge is 0.493 e. The summed E-state index contributed by atoms with van der Waals surface area (Å²) in [4.78, 5) is 40.2. The van der Waals surface area contributed by atoms with Crippen LogP contribution in [0.15, 0.2) is 46.0 Å². The van der Waals surface area contributed by atoms with Crippen LogP contribution in [0.1, 0.15) is 24.4 Å². The second kappa shape index (κ2) is 12.3. The fraction of sp³-hybridized carbons (Fsp3) is 0.423. The SMILES string of the molecule is COc1ccc(Cn2c(=O)c3cc(OCC(F)F)ccc3n(C3CCN(C=O)CC3)c2=O)cc1OCC(N)O. The molecule has 4 rings (SSSR count). The van der Waals surface area contributed by atoms with Crippen molar-refractivity contribution >= 4 is 17.3 Å². The van der Waals surface area contributed by atoms with Crippen molar-refractivity contribution < 1.29 is 32.9 Å². The number of benzene rings is 2. The molecule has 1 aromatic heterocycles. The van der Waals surface area contributed by atoms with E-state index in [0.29, 0.717) is 42.8 Å². The molecular weight excluding hydrogens is 518 g/mol. The first-order valence-electron chi connectivity index (χ1n) is 12.3. The summed E-state index contributed by atoms with van der Waals surface area (Å²) in [5.74, 6) is 0.705. The average Bonchev–Trinajstić information content (AvgIpc) is 2.93. The lowest BCUT2D eigenvalue weighted by atomic mass is 10.0. The van der Waals surface area contributed by atoms with Gasteiger partial charge in [-0.2, -0.15) is 0 Å². The number of amides is 1. The zero-order valence-electron chi connectivity index (χ0n) is 21.3. The number of alkyl halides is 2. The van der Waals surface area contributed by atoms with Gasteiger partial charge in [-0.25, -0.2) is 13.6 Å². The third-order valence-electron chi connectivity index (χ3n) is 6.51. The monoisotopic (exact) mass is 548 g/mol. The van der Waals surface area contributed by atoms with Crippen molar-refractivity contribution in [3.05, 3.63) is 62.8 Å². The van der Waals surface area contributed by atoms with Gasteiger partial charge < -0.3 is 30.0 Å². The van der Waals surface area contributed by atoms with Gasteiger partial charge in [0.1, 0.15) is 25.2 Å². The summed E-state index contributed by atoms with van der Waals surface area (Å²) in [6.07, 6.45) is -2.16. The second-order valence-electron chi connectivity index (χ2n) is 9.16. The number of hydrogen-bond donors (Lipinski definition) is 2. The Balaban J connectivity index is 1.81. The first-order valence-corrected chi connectivity index (χ1v) is 12.3. The molecule has 2 heterocycles. The summed E-state index contributed by atoms with van der Waals surface area (Å²) >= 11 is 0. The molecule has 0 radical (unpaired) electrons. The molecule has 0 aliphatic carbocycles. The van der Waals surface area contributed by atoms with Crippen LogP contribution in [-0.4, -0.2) is 71.6 Å². The molecule has 1 saturated heterocycles. The molecule has 210 valence electrons. The minimum absolute atomic E-state index is 0.0768. The number of halogens is 2. The Morgan fingerprint density at radius 2 is 1.82 bits per heavy atom. The maximum absolute atomic E-state index is 13.8. The van der Waals surface area contributed by atoms with Gasteiger partial charge in [-0.1, -0.05) is 6.07 Å². The lowest BCUT2D eigenvalue weighted by Crippen LogP contribution is -2.44. The number of nitrogens with two attached hydrogens (primary N) is 1. The standard InChI is InChI=1S/C26H30F2N4O7/c1-37-21-5-2-16(10-22(21)39-14-24(29)34)12-31-25(35)19-11-18(38-13-23(27)28)3-4-20(19)32(26(31)36)17-6-8-30(15-33)9-7-17/h2-5,10-11,15,17,23-24,34H,6-9,12-14,29H2,1H3. The van der Waals surface area contributed by atoms with Crippen molar-refractivity contribution in [2.75, 3.05) is 33.4 Å². The van der Waals surface area contributed by atoms with E-state index in [2.05, 4.69) is 0 Å². The van der Waals surface area contributed by atoms with E-state index in [9.17, 15) is 28.3 Å². The maximum atomic E-state index is 13.8. The highest BCUT2D eigenvalue weighted by Crippen LogP contribution is 2.29. The number of piperidine rings is 1. The number of carbonyl (C=O) groups is 1. The molecule has 13 heteroatoms. The molecule has 1 fully saturated rings. The summed E-state index contributed by atoms with van der Waals surface area (Å²) in [6, 6.07) is 8.87. The Kier molecular flexibility index (Phi) is 8.82. The fourth-order valence-electron chi connectivity index (χ4n) is 4.64. The van der Waals surface area contributed by atoms with Crippen molar-refractivity contribution in [1.82, 2.24) is 14.0 Å². The minimum Gasteiger partial charge on any atom is -0.493 e. The first kappa shape index (κ1) is 28.0. The average molecular weight is 549 g/mol. The molecule has 1 unspecified atom stereocenters. The number of ether oxygens (including phenoxy) is 3. The number of aliphatic hydroxyl groups excluding tert-OH is 1. The van der Waals surface area contributed by atoms with E-state index in [1.807, 2.05) is 0 Å². The summed E-state index contributed by atoms with van der Waals surface area (Å²) in [5.41, 5.74) is 5.09. The Bertz CT molecular complexity index is 1430. The van der Waals surface area contributed by atoms with Gasteiger partial charge in [0.15, 0.2) is 11.5 Å². The molecule has 0 spiro atoms. The molecule has 2 aromatic carbocycles. The summed E-state index contributed by atoms with van der Waals surface area (Å²) < 4.78 is 44.0. The number of aromatic nitrogens is 2. The maximum Gasteiger partial charge on any atom is 0.332 e. The first-order chi connectivity index (χ1) is 18.7. The van der Waals surface area contributed by atoms with E-state index in [4.69, 9.17) is 19.9 Å². The van der Waals surface area contributed by atoms with Gasteiger partial charge in [-0.3, -0.25) is 18.7 Å². The van der Waals surface area contributed by atoms with E-state index in [1.165, 1.54) is 29.9 Å².